The Morgan fingerprint density at radius 2 is 2.29 bits per heavy atom. The maximum Gasteiger partial charge on any atom is 0.253 e. The zero-order chi connectivity index (χ0) is 12.8. The molecule has 1 amide bonds. The van der Waals surface area contributed by atoms with Gasteiger partial charge in [-0.1, -0.05) is 0 Å². The van der Waals surface area contributed by atoms with Crippen LogP contribution in [0.2, 0.25) is 0 Å². The summed E-state index contributed by atoms with van der Waals surface area (Å²) < 4.78 is 0. The third-order valence-corrected chi connectivity index (χ3v) is 2.46. The van der Waals surface area contributed by atoms with Crippen molar-refractivity contribution in [1.29, 1.82) is 5.26 Å². The Morgan fingerprint density at radius 3 is 2.88 bits per heavy atom. The van der Waals surface area contributed by atoms with Crippen molar-refractivity contribution in [3.05, 3.63) is 23.8 Å². The van der Waals surface area contributed by atoms with Crippen molar-refractivity contribution < 1.29 is 4.79 Å². The van der Waals surface area contributed by atoms with Crippen LogP contribution in [0.5, 0.6) is 0 Å². The van der Waals surface area contributed by atoms with Crippen molar-refractivity contribution in [2.45, 2.75) is 6.42 Å². The first-order valence-electron chi connectivity index (χ1n) is 5.30. The topological polar surface area (TPSA) is 82.2 Å². The molecule has 1 aromatic rings. The molecule has 5 nitrogen and oxygen atoms in total. The summed E-state index contributed by atoms with van der Waals surface area (Å²) >= 11 is 0. The highest BCUT2D eigenvalue weighted by Crippen LogP contribution is 2.22. The molecule has 3 N–H and O–H groups in total. The number of rotatable bonds is 4. The summed E-state index contributed by atoms with van der Waals surface area (Å²) in [6.45, 7) is 0.559. The van der Waals surface area contributed by atoms with Gasteiger partial charge in [-0.2, -0.15) is 5.26 Å². The van der Waals surface area contributed by atoms with Gasteiger partial charge in [0.25, 0.3) is 5.91 Å². The van der Waals surface area contributed by atoms with Crippen LogP contribution in [0.3, 0.4) is 0 Å². The number of nitrogens with zero attached hydrogens (tertiary/aromatic N) is 2. The van der Waals surface area contributed by atoms with Gasteiger partial charge in [-0.25, -0.2) is 0 Å². The van der Waals surface area contributed by atoms with E-state index in [-0.39, 0.29) is 5.91 Å². The van der Waals surface area contributed by atoms with Crippen LogP contribution in [0.1, 0.15) is 16.8 Å². The number of nitrogens with two attached hydrogens (primary N) is 1. The molecular weight excluding hydrogens is 216 g/mol. The number of nitrogens with one attached hydrogen (secondary N) is 1. The highest BCUT2D eigenvalue weighted by Gasteiger charge is 2.13. The Balaban J connectivity index is 3.07. The van der Waals surface area contributed by atoms with Crippen molar-refractivity contribution in [1.82, 2.24) is 5.32 Å². The predicted octanol–water partition coefficient (Wildman–Crippen LogP) is 0.978. The van der Waals surface area contributed by atoms with Crippen molar-refractivity contribution in [2.24, 2.45) is 0 Å². The predicted molar refractivity (Wildman–Crippen MR) is 67.7 cm³/mol. The van der Waals surface area contributed by atoms with Gasteiger partial charge in [0.1, 0.15) is 0 Å². The summed E-state index contributed by atoms with van der Waals surface area (Å²) in [7, 11) is 3.41. The maximum atomic E-state index is 11.7. The van der Waals surface area contributed by atoms with E-state index in [0.29, 0.717) is 24.2 Å². The number of hydrogen-bond donors (Lipinski definition) is 2. The second kappa shape index (κ2) is 5.75. The number of carbonyl (C=O) groups is 1. The highest BCUT2D eigenvalue weighted by atomic mass is 16.1. The molecule has 0 fully saturated rings. The fourth-order valence-corrected chi connectivity index (χ4v) is 1.53. The van der Waals surface area contributed by atoms with Gasteiger partial charge >= 0.3 is 0 Å². The summed E-state index contributed by atoms with van der Waals surface area (Å²) in [5.41, 5.74) is 7.60. The molecule has 0 saturated carbocycles. The highest BCUT2D eigenvalue weighted by molar-refractivity contribution is 6.00. The fraction of sp³-hybridized carbons (Fsp3) is 0.333. The lowest BCUT2D eigenvalue weighted by Gasteiger charge is -2.21. The normalized spacial score (nSPS) is 9.47. The van der Waals surface area contributed by atoms with Crippen molar-refractivity contribution in [3.8, 4) is 6.07 Å². The largest absolute Gasteiger partial charge is 0.399 e. The van der Waals surface area contributed by atoms with E-state index in [0.717, 1.165) is 5.69 Å². The molecule has 0 radical (unpaired) electrons. The van der Waals surface area contributed by atoms with Gasteiger partial charge in [0.15, 0.2) is 0 Å². The molecule has 0 aromatic heterocycles. The van der Waals surface area contributed by atoms with E-state index in [1.165, 1.54) is 0 Å². The molecule has 0 aliphatic rings. The smallest absolute Gasteiger partial charge is 0.253 e. The van der Waals surface area contributed by atoms with Crippen LogP contribution in [0.15, 0.2) is 18.2 Å². The van der Waals surface area contributed by atoms with Gasteiger partial charge in [-0.15, -0.1) is 0 Å². The van der Waals surface area contributed by atoms with Crippen LogP contribution in [-0.4, -0.2) is 26.5 Å². The van der Waals surface area contributed by atoms with Gasteiger partial charge < -0.3 is 16.0 Å². The minimum atomic E-state index is -0.163. The van der Waals surface area contributed by atoms with Gasteiger partial charge in [-0.3, -0.25) is 4.79 Å². The number of amides is 1. The maximum absolute atomic E-state index is 11.7. The van der Waals surface area contributed by atoms with Crippen LogP contribution in [0.25, 0.3) is 0 Å². The quantitative estimate of drug-likeness (QED) is 0.758. The fourth-order valence-electron chi connectivity index (χ4n) is 1.53. The molecule has 0 heterocycles. The first-order chi connectivity index (χ1) is 8.10. The van der Waals surface area contributed by atoms with E-state index in [1.807, 2.05) is 11.9 Å². The average molecular weight is 232 g/mol. The molecule has 0 spiro atoms. The van der Waals surface area contributed by atoms with Gasteiger partial charge in [0.2, 0.25) is 0 Å². The Labute approximate surface area is 101 Å². The molecule has 17 heavy (non-hydrogen) atoms. The summed E-state index contributed by atoms with van der Waals surface area (Å²) in [6.07, 6.45) is 0.401. The third-order valence-electron chi connectivity index (χ3n) is 2.46. The second-order valence-corrected chi connectivity index (χ2v) is 3.69. The Bertz CT molecular complexity index is 450. The van der Waals surface area contributed by atoms with Gasteiger partial charge in [0, 0.05) is 26.3 Å². The van der Waals surface area contributed by atoms with Gasteiger partial charge in [0.05, 0.1) is 23.7 Å². The number of hydrogen-bond acceptors (Lipinski definition) is 4. The van der Waals surface area contributed by atoms with Crippen LogP contribution >= 0.6 is 0 Å². The minimum Gasteiger partial charge on any atom is -0.399 e. The standard InChI is InChI=1S/C12H16N4O/c1-15-12(17)10-5-4-9(14)8-11(10)16(2)7-3-6-13/h4-5,8H,3,7,14H2,1-2H3,(H,15,17). The van der Waals surface area contributed by atoms with Crippen LogP contribution < -0.4 is 16.0 Å². The Morgan fingerprint density at radius 1 is 1.59 bits per heavy atom. The molecule has 0 atom stereocenters. The Kier molecular flexibility index (Phi) is 4.35. The monoisotopic (exact) mass is 232 g/mol. The first kappa shape index (κ1) is 12.8. The molecule has 0 unspecified atom stereocenters. The summed E-state index contributed by atoms with van der Waals surface area (Å²) in [5.74, 6) is -0.163. The van der Waals surface area contributed by atoms with E-state index in [2.05, 4.69) is 11.4 Å². The molecule has 0 aliphatic carbocycles. The van der Waals surface area contributed by atoms with Crippen molar-refractivity contribution in [2.75, 3.05) is 31.3 Å². The lowest BCUT2D eigenvalue weighted by Crippen LogP contribution is -2.25. The van der Waals surface area contributed by atoms with E-state index >= 15 is 0 Å². The first-order valence-corrected chi connectivity index (χ1v) is 5.30. The van der Waals surface area contributed by atoms with Gasteiger partial charge in [-0.05, 0) is 18.2 Å². The van der Waals surface area contributed by atoms with Crippen LogP contribution in [0, 0.1) is 11.3 Å². The SMILES string of the molecule is CNC(=O)c1ccc(N)cc1N(C)CCC#N. The minimum absolute atomic E-state index is 0.163. The van der Waals surface area contributed by atoms with E-state index in [4.69, 9.17) is 11.0 Å². The van der Waals surface area contributed by atoms with Crippen LogP contribution in [0.4, 0.5) is 11.4 Å². The number of benzene rings is 1. The lowest BCUT2D eigenvalue weighted by molar-refractivity contribution is 0.0963. The van der Waals surface area contributed by atoms with E-state index in [1.54, 1.807) is 25.2 Å². The van der Waals surface area contributed by atoms with Crippen LogP contribution in [-0.2, 0) is 0 Å². The molecule has 0 bridgehead atoms. The molecule has 1 aromatic carbocycles. The third kappa shape index (κ3) is 3.11. The van der Waals surface area contributed by atoms with E-state index in [9.17, 15) is 4.79 Å². The molecular formula is C12H16N4O. The molecule has 5 heteroatoms. The summed E-state index contributed by atoms with van der Waals surface area (Å²) in [4.78, 5) is 13.5. The van der Waals surface area contributed by atoms with Crippen molar-refractivity contribution in [3.63, 3.8) is 0 Å². The summed E-state index contributed by atoms with van der Waals surface area (Å²) in [6, 6.07) is 7.18. The molecule has 1 rings (SSSR count). The van der Waals surface area contributed by atoms with E-state index < -0.39 is 0 Å². The number of anilines is 2. The average Bonchev–Trinajstić information content (AvgIpc) is 2.34. The Hall–Kier alpha value is -2.22. The zero-order valence-electron chi connectivity index (χ0n) is 10.0. The zero-order valence-corrected chi connectivity index (χ0v) is 10.0. The number of carbonyl (C=O) groups excluding carboxylic acids is 1. The number of nitrogen functional groups attached to an aromatic ring is 1. The summed E-state index contributed by atoms with van der Waals surface area (Å²) in [5, 5.41) is 11.1. The molecule has 0 aliphatic heterocycles. The molecule has 90 valence electrons. The number of nitriles is 1. The van der Waals surface area contributed by atoms with Crippen molar-refractivity contribution >= 4 is 17.3 Å². The lowest BCUT2D eigenvalue weighted by atomic mass is 10.1. The molecule has 0 saturated heterocycles. The second-order valence-electron chi connectivity index (χ2n) is 3.69.